The normalized spacial score (nSPS) is 20.5. The maximum Gasteiger partial charge on any atom is 0.255 e. The topological polar surface area (TPSA) is 128 Å². The van der Waals surface area contributed by atoms with E-state index in [1.807, 2.05) is 27.8 Å². The molecule has 59 heavy (non-hydrogen) atoms. The molecule has 1 unspecified atom stereocenters. The number of nitrogens with zero attached hydrogens (tertiary/aromatic N) is 5. The first-order valence-corrected chi connectivity index (χ1v) is 20.8. The van der Waals surface area contributed by atoms with Crippen molar-refractivity contribution in [1.29, 1.82) is 5.26 Å². The van der Waals surface area contributed by atoms with Gasteiger partial charge in [-0.2, -0.15) is 10.4 Å². The minimum absolute atomic E-state index is 0.0487. The second kappa shape index (κ2) is 17.0. The minimum atomic E-state index is -0.635. The van der Waals surface area contributed by atoms with Crippen LogP contribution in [-0.2, 0) is 27.5 Å². The highest BCUT2D eigenvalue weighted by Gasteiger charge is 2.39. The Hall–Kier alpha value is -6.15. The molecule has 4 heterocycles. The molecule has 3 aliphatic heterocycles. The predicted octanol–water partition coefficient (Wildman–Crippen LogP) is 6.95. The third-order valence-electron chi connectivity index (χ3n) is 12.4. The van der Waals surface area contributed by atoms with Crippen molar-refractivity contribution in [3.8, 4) is 41.0 Å². The van der Waals surface area contributed by atoms with Crippen LogP contribution in [0.1, 0.15) is 101 Å². The van der Waals surface area contributed by atoms with Gasteiger partial charge in [0.1, 0.15) is 12.1 Å². The van der Waals surface area contributed by atoms with Crippen LogP contribution in [0.15, 0.2) is 60.7 Å². The first kappa shape index (κ1) is 39.7. The van der Waals surface area contributed by atoms with E-state index in [-0.39, 0.29) is 41.9 Å². The summed E-state index contributed by atoms with van der Waals surface area (Å²) in [5, 5.41) is 16.9. The zero-order valence-electron chi connectivity index (χ0n) is 33.3. The highest BCUT2D eigenvalue weighted by atomic mass is 35.5. The van der Waals surface area contributed by atoms with E-state index in [0.717, 1.165) is 83.3 Å². The molecule has 4 aromatic rings. The first-order chi connectivity index (χ1) is 28.5. The molecule has 8 rings (SSSR count). The fraction of sp³-hybridized carbons (Fsp3) is 0.375. The lowest BCUT2D eigenvalue weighted by molar-refractivity contribution is -0.138. The van der Waals surface area contributed by atoms with E-state index < -0.39 is 11.9 Å². The lowest BCUT2D eigenvalue weighted by Gasteiger charge is -2.34. The number of aromatic nitrogens is 2. The van der Waals surface area contributed by atoms with E-state index in [2.05, 4.69) is 73.2 Å². The summed E-state index contributed by atoms with van der Waals surface area (Å²) in [6.45, 7) is 6.49. The average molecular weight is 805 g/mol. The number of piperidine rings is 2. The van der Waals surface area contributed by atoms with Crippen LogP contribution in [-0.4, -0.2) is 62.3 Å². The Balaban J connectivity index is 0.785. The highest BCUT2D eigenvalue weighted by Crippen LogP contribution is 2.33. The maximum absolute atomic E-state index is 13.5. The molecule has 1 N–H and O–H groups in total. The maximum atomic E-state index is 13.5. The number of carbonyl (C=O) groups excluding carboxylic acids is 4. The Morgan fingerprint density at radius 1 is 0.864 bits per heavy atom. The van der Waals surface area contributed by atoms with Crippen LogP contribution in [0.2, 0.25) is 5.02 Å². The molecule has 2 saturated heterocycles. The Kier molecular flexibility index (Phi) is 11.4. The van der Waals surface area contributed by atoms with Gasteiger partial charge in [0.25, 0.3) is 5.91 Å². The molecule has 1 saturated carbocycles. The summed E-state index contributed by atoms with van der Waals surface area (Å²) in [6, 6.07) is 20.8. The van der Waals surface area contributed by atoms with Crippen LogP contribution in [0.3, 0.4) is 0 Å². The van der Waals surface area contributed by atoms with Gasteiger partial charge in [-0.1, -0.05) is 53.5 Å². The number of carbonyl (C=O) groups is 4. The number of amides is 4. The van der Waals surface area contributed by atoms with Crippen LogP contribution in [0.25, 0.3) is 11.3 Å². The SMILES string of the molecule is Cc1c(-c2ccc(C#N)c(Cl)c2)nn(Cc2ccc(C#CC3CCC(C(=O)N4CCC(C#Cc5ccc6c(c5)CN(C5CCC(=O)NC5=O)C6=O)CC4)CC3)cc2)c1C. The van der Waals surface area contributed by atoms with Gasteiger partial charge in [0.05, 0.1) is 22.8 Å². The zero-order valence-corrected chi connectivity index (χ0v) is 34.1. The van der Waals surface area contributed by atoms with Gasteiger partial charge < -0.3 is 9.80 Å². The summed E-state index contributed by atoms with van der Waals surface area (Å²) < 4.78 is 2.00. The Labute approximate surface area is 349 Å². The Morgan fingerprint density at radius 2 is 1.56 bits per heavy atom. The van der Waals surface area contributed by atoms with Gasteiger partial charge in [0.15, 0.2) is 0 Å². The highest BCUT2D eigenvalue weighted by molar-refractivity contribution is 6.32. The number of imide groups is 1. The molecular weight excluding hydrogens is 760 g/mol. The van der Waals surface area contributed by atoms with Crippen LogP contribution in [0, 0.1) is 66.6 Å². The molecule has 0 spiro atoms. The van der Waals surface area contributed by atoms with E-state index in [1.165, 1.54) is 0 Å². The van der Waals surface area contributed by atoms with Gasteiger partial charge in [-0.3, -0.25) is 29.2 Å². The second-order valence-corrected chi connectivity index (χ2v) is 16.6. The third kappa shape index (κ3) is 8.54. The van der Waals surface area contributed by atoms with E-state index in [4.69, 9.17) is 16.7 Å². The molecule has 3 fully saturated rings. The molecule has 1 atom stereocenters. The number of benzene rings is 3. The number of hydrogen-bond acceptors (Lipinski definition) is 6. The molecular formula is C48H45ClN6O4. The molecule has 298 valence electrons. The standard InChI is InChI=1S/C48H45ClN6O4/c1-30-31(2)55(52-45(30)38-16-17-39(27-50)42(49)26-38)28-36-9-6-32(7-10-36)3-4-33-11-14-37(15-12-33)47(58)53-23-21-34(22-24-53)5-8-35-13-18-41-40(25-35)29-54(48(41)59)43-19-20-44(56)51-46(43)57/h6-7,9-10,13,16-18,25-26,33-34,37,43H,11-12,14-15,19-24,28-29H2,1-2H3,(H,51,56,57). The Morgan fingerprint density at radius 3 is 2.25 bits per heavy atom. The number of nitriles is 1. The number of halogens is 1. The number of nitrogens with one attached hydrogen (secondary N) is 1. The van der Waals surface area contributed by atoms with Crippen molar-refractivity contribution in [1.82, 2.24) is 24.9 Å². The summed E-state index contributed by atoms with van der Waals surface area (Å²) in [7, 11) is 0. The van der Waals surface area contributed by atoms with Gasteiger partial charge in [0.2, 0.25) is 17.7 Å². The molecule has 4 amide bonds. The average Bonchev–Trinajstić information content (AvgIpc) is 3.72. The monoisotopic (exact) mass is 804 g/mol. The molecule has 10 nitrogen and oxygen atoms in total. The number of rotatable bonds is 5. The van der Waals surface area contributed by atoms with Crippen molar-refractivity contribution < 1.29 is 19.2 Å². The number of fused-ring (bicyclic) bond motifs is 1. The molecule has 11 heteroatoms. The zero-order chi connectivity index (χ0) is 41.2. The van der Waals surface area contributed by atoms with Crippen molar-refractivity contribution in [2.45, 2.75) is 84.3 Å². The molecule has 1 aromatic heterocycles. The minimum Gasteiger partial charge on any atom is -0.342 e. The van der Waals surface area contributed by atoms with Gasteiger partial charge >= 0.3 is 0 Å². The van der Waals surface area contributed by atoms with Crippen molar-refractivity contribution in [3.05, 3.63) is 110 Å². The predicted molar refractivity (Wildman–Crippen MR) is 223 cm³/mol. The summed E-state index contributed by atoms with van der Waals surface area (Å²) in [6.07, 6.45) is 5.80. The second-order valence-electron chi connectivity index (χ2n) is 16.2. The van der Waals surface area contributed by atoms with Gasteiger partial charge in [-0.15, -0.1) is 0 Å². The van der Waals surface area contributed by atoms with Crippen molar-refractivity contribution >= 4 is 35.2 Å². The van der Waals surface area contributed by atoms with E-state index >= 15 is 0 Å². The third-order valence-corrected chi connectivity index (χ3v) is 12.7. The quantitative estimate of drug-likeness (QED) is 0.172. The van der Waals surface area contributed by atoms with Crippen molar-refractivity contribution in [3.63, 3.8) is 0 Å². The first-order valence-electron chi connectivity index (χ1n) is 20.5. The molecule has 0 bridgehead atoms. The van der Waals surface area contributed by atoms with Crippen LogP contribution in [0.5, 0.6) is 0 Å². The van der Waals surface area contributed by atoms with Crippen LogP contribution >= 0.6 is 11.6 Å². The molecule has 3 aromatic carbocycles. The molecule has 4 aliphatic rings. The summed E-state index contributed by atoms with van der Waals surface area (Å²) in [5.74, 6) is 13.4. The van der Waals surface area contributed by atoms with E-state index in [0.29, 0.717) is 48.7 Å². The molecule has 1 aliphatic carbocycles. The Bertz CT molecular complexity index is 2510. The van der Waals surface area contributed by atoms with Crippen molar-refractivity contribution in [2.75, 3.05) is 13.1 Å². The van der Waals surface area contributed by atoms with Crippen LogP contribution in [0.4, 0.5) is 0 Å². The number of hydrogen-bond donors (Lipinski definition) is 1. The fourth-order valence-corrected chi connectivity index (χ4v) is 8.92. The lowest BCUT2D eigenvalue weighted by Crippen LogP contribution is -2.52. The van der Waals surface area contributed by atoms with E-state index in [1.54, 1.807) is 23.1 Å². The smallest absolute Gasteiger partial charge is 0.255 e. The largest absolute Gasteiger partial charge is 0.342 e. The van der Waals surface area contributed by atoms with Gasteiger partial charge in [0, 0.05) is 71.8 Å². The fourth-order valence-electron chi connectivity index (χ4n) is 8.69. The summed E-state index contributed by atoms with van der Waals surface area (Å²) in [5.41, 5.74) is 8.70. The van der Waals surface area contributed by atoms with Crippen molar-refractivity contribution in [2.24, 2.45) is 17.8 Å². The van der Waals surface area contributed by atoms with E-state index in [9.17, 15) is 24.4 Å². The van der Waals surface area contributed by atoms with Gasteiger partial charge in [-0.25, -0.2) is 0 Å². The summed E-state index contributed by atoms with van der Waals surface area (Å²) >= 11 is 6.30. The number of likely N-dealkylation sites (tertiary alicyclic amines) is 1. The van der Waals surface area contributed by atoms with Crippen LogP contribution < -0.4 is 5.32 Å². The summed E-state index contributed by atoms with van der Waals surface area (Å²) in [4.78, 5) is 54.1. The molecule has 0 radical (unpaired) electrons. The lowest BCUT2D eigenvalue weighted by atomic mass is 9.81. The van der Waals surface area contributed by atoms with Gasteiger partial charge in [-0.05, 0) is 118 Å².